The summed E-state index contributed by atoms with van der Waals surface area (Å²) < 4.78 is 26.3. The summed E-state index contributed by atoms with van der Waals surface area (Å²) in [6.07, 6.45) is -7.40. The minimum absolute atomic E-state index is 0.0291. The molecule has 0 bridgehead atoms. The molecule has 14 nitrogen and oxygen atoms in total. The van der Waals surface area contributed by atoms with Crippen LogP contribution in [0.5, 0.6) is 11.5 Å². The molecule has 0 aromatic heterocycles. The van der Waals surface area contributed by atoms with Crippen LogP contribution in [0.2, 0.25) is 0 Å². The number of aldehydes is 1. The quantitative estimate of drug-likeness (QED) is 0.105. The Bertz CT molecular complexity index is 1040. The van der Waals surface area contributed by atoms with E-state index in [4.69, 9.17) is 23.7 Å². The van der Waals surface area contributed by atoms with Crippen molar-refractivity contribution in [1.29, 1.82) is 0 Å². The maximum atomic E-state index is 12.4. The van der Waals surface area contributed by atoms with Crippen LogP contribution in [0.1, 0.15) is 18.4 Å². The monoisotopic (exact) mass is 556 g/mol. The molecule has 1 saturated heterocycles. The average molecular weight is 557 g/mol. The van der Waals surface area contributed by atoms with Crippen LogP contribution in [-0.4, -0.2) is 106 Å². The number of phenols is 2. The third kappa shape index (κ3) is 7.23. The molecule has 0 aliphatic carbocycles. The Kier molecular flexibility index (Phi) is 10.6. The molecular weight excluding hydrogens is 524 g/mol. The van der Waals surface area contributed by atoms with Gasteiger partial charge in [0.2, 0.25) is 6.29 Å². The van der Waals surface area contributed by atoms with Gasteiger partial charge < -0.3 is 59.1 Å². The van der Waals surface area contributed by atoms with E-state index in [1.54, 1.807) is 6.07 Å². The number of carbonyl (C=O) groups is 3. The number of hydrogen-bond acceptors (Lipinski definition) is 14. The molecule has 0 unspecified atom stereocenters. The smallest absolute Gasteiger partial charge is 0.337 e. The number of benzene rings is 1. The summed E-state index contributed by atoms with van der Waals surface area (Å²) >= 11 is 0. The average Bonchev–Trinajstić information content (AvgIpc) is 2.93. The second-order valence-electron chi connectivity index (χ2n) is 9.08. The van der Waals surface area contributed by atoms with Crippen LogP contribution in [0.15, 0.2) is 30.0 Å². The van der Waals surface area contributed by atoms with Gasteiger partial charge in [-0.1, -0.05) is 6.07 Å². The number of ether oxygens (including phenoxy) is 5. The lowest BCUT2D eigenvalue weighted by Gasteiger charge is -2.42. The molecule has 0 saturated carbocycles. The first-order valence-electron chi connectivity index (χ1n) is 12.1. The van der Waals surface area contributed by atoms with Crippen LogP contribution in [0.4, 0.5) is 0 Å². The topological polar surface area (TPSA) is 219 Å². The molecule has 0 spiro atoms. The number of aromatic hydroxyl groups is 2. The van der Waals surface area contributed by atoms with E-state index in [1.165, 1.54) is 12.1 Å². The molecule has 1 aromatic rings. The van der Waals surface area contributed by atoms with Gasteiger partial charge in [-0.05, 0) is 30.5 Å². The van der Waals surface area contributed by atoms with Gasteiger partial charge in [0.15, 0.2) is 17.8 Å². The maximum Gasteiger partial charge on any atom is 0.337 e. The first-order chi connectivity index (χ1) is 18.6. The summed E-state index contributed by atoms with van der Waals surface area (Å²) in [7, 11) is 1.11. The van der Waals surface area contributed by atoms with Crippen LogP contribution in [0.25, 0.3) is 0 Å². The second-order valence-corrected chi connectivity index (χ2v) is 9.08. The highest BCUT2D eigenvalue weighted by molar-refractivity contribution is 5.89. The molecule has 6 N–H and O–H groups in total. The fourth-order valence-electron chi connectivity index (χ4n) is 4.24. The number of methoxy groups -OCH3 is 1. The van der Waals surface area contributed by atoms with Gasteiger partial charge in [0, 0.05) is 12.3 Å². The minimum atomic E-state index is -1.77. The van der Waals surface area contributed by atoms with Gasteiger partial charge in [-0.3, -0.25) is 4.79 Å². The Morgan fingerprint density at radius 3 is 2.44 bits per heavy atom. The fourth-order valence-corrected chi connectivity index (χ4v) is 4.24. The molecule has 0 amide bonds. The molecule has 216 valence electrons. The third-order valence-corrected chi connectivity index (χ3v) is 6.51. The van der Waals surface area contributed by atoms with Gasteiger partial charge in [0.1, 0.15) is 30.7 Å². The largest absolute Gasteiger partial charge is 0.504 e. The van der Waals surface area contributed by atoms with Crippen molar-refractivity contribution in [1.82, 2.24) is 0 Å². The fraction of sp³-hybridized carbons (Fsp3) is 0.560. The summed E-state index contributed by atoms with van der Waals surface area (Å²) in [5.41, 5.74) is 0.572. The number of carbonyl (C=O) groups excluding carboxylic acids is 3. The van der Waals surface area contributed by atoms with E-state index in [2.05, 4.69) is 0 Å². The van der Waals surface area contributed by atoms with Crippen molar-refractivity contribution < 1.29 is 68.7 Å². The Hall–Kier alpha value is -3.27. The van der Waals surface area contributed by atoms with Gasteiger partial charge in [-0.2, -0.15) is 0 Å². The zero-order chi connectivity index (χ0) is 28.7. The van der Waals surface area contributed by atoms with E-state index in [9.17, 15) is 45.0 Å². The number of aliphatic hydroxyl groups excluding tert-OH is 4. The summed E-state index contributed by atoms with van der Waals surface area (Å²) in [6.45, 7) is -1.13. The van der Waals surface area contributed by atoms with Crippen molar-refractivity contribution in [3.63, 3.8) is 0 Å². The first-order valence-corrected chi connectivity index (χ1v) is 12.1. The molecular formula is C25H32O14. The molecule has 8 atom stereocenters. The highest BCUT2D eigenvalue weighted by Crippen LogP contribution is 2.34. The molecule has 39 heavy (non-hydrogen) atoms. The highest BCUT2D eigenvalue weighted by Gasteiger charge is 2.48. The standard InChI is InChI=1S/C25H32O14/c1-35-23(34)15-11-37-24(39-25-22(33)21(32)20(31)18(9-27)38-25)13(8-26)14(15)10-36-19(30)4-2-3-12-5-6-16(28)17(29)7-12/h5-8,11,13-14,18,20-22,24-25,27-29,31-33H,2-4,9-10H2,1H3/t13-,14+,18+,20+,21+,22+,24+,25-/m0/s1. The third-order valence-electron chi connectivity index (χ3n) is 6.51. The summed E-state index contributed by atoms with van der Waals surface area (Å²) in [5, 5.41) is 58.5. The molecule has 2 heterocycles. The lowest BCUT2D eigenvalue weighted by Crippen LogP contribution is -2.60. The van der Waals surface area contributed by atoms with E-state index in [0.717, 1.165) is 13.4 Å². The normalized spacial score (nSPS) is 30.5. The lowest BCUT2D eigenvalue weighted by atomic mass is 9.85. The van der Waals surface area contributed by atoms with Crippen LogP contribution in [0.3, 0.4) is 0 Å². The van der Waals surface area contributed by atoms with E-state index in [0.29, 0.717) is 24.7 Å². The number of hydrogen-bond donors (Lipinski definition) is 6. The number of esters is 2. The van der Waals surface area contributed by atoms with Crippen molar-refractivity contribution in [3.05, 3.63) is 35.6 Å². The summed E-state index contributed by atoms with van der Waals surface area (Å²) in [4.78, 5) is 36.8. The van der Waals surface area contributed by atoms with Gasteiger partial charge in [-0.25, -0.2) is 4.79 Å². The number of rotatable bonds is 11. The predicted molar refractivity (Wildman–Crippen MR) is 127 cm³/mol. The van der Waals surface area contributed by atoms with Crippen LogP contribution >= 0.6 is 0 Å². The van der Waals surface area contributed by atoms with E-state index < -0.39 is 74.0 Å². The Morgan fingerprint density at radius 2 is 1.79 bits per heavy atom. The predicted octanol–water partition coefficient (Wildman–Crippen LogP) is -1.38. The molecule has 0 radical (unpaired) electrons. The lowest BCUT2D eigenvalue weighted by molar-refractivity contribution is -0.339. The summed E-state index contributed by atoms with van der Waals surface area (Å²) in [5.74, 6) is -4.35. The molecule has 14 heteroatoms. The molecule has 2 aliphatic rings. The molecule has 3 rings (SSSR count). The van der Waals surface area contributed by atoms with Crippen molar-refractivity contribution in [2.24, 2.45) is 11.8 Å². The number of aliphatic hydroxyl groups is 4. The molecule has 2 aliphatic heterocycles. The summed E-state index contributed by atoms with van der Waals surface area (Å²) in [6, 6.07) is 4.30. The van der Waals surface area contributed by atoms with E-state index >= 15 is 0 Å². The molecule has 1 aromatic carbocycles. The number of aryl methyl sites for hydroxylation is 1. The van der Waals surface area contributed by atoms with Gasteiger partial charge in [0.05, 0.1) is 38.1 Å². The van der Waals surface area contributed by atoms with Crippen LogP contribution in [-0.2, 0) is 44.5 Å². The zero-order valence-electron chi connectivity index (χ0n) is 21.0. The Labute approximate surface area is 222 Å². The second kappa shape index (κ2) is 13.7. The molecule has 1 fully saturated rings. The van der Waals surface area contributed by atoms with Gasteiger partial charge in [0.25, 0.3) is 0 Å². The van der Waals surface area contributed by atoms with Crippen molar-refractivity contribution in [2.45, 2.75) is 56.3 Å². The first kappa shape index (κ1) is 30.3. The number of phenolic OH excluding ortho intramolecular Hbond substituents is 2. The van der Waals surface area contributed by atoms with Crippen molar-refractivity contribution in [2.75, 3.05) is 20.3 Å². The van der Waals surface area contributed by atoms with E-state index in [1.807, 2.05) is 0 Å². The highest BCUT2D eigenvalue weighted by atomic mass is 16.8. The van der Waals surface area contributed by atoms with Gasteiger partial charge in [-0.15, -0.1) is 0 Å². The van der Waals surface area contributed by atoms with Gasteiger partial charge >= 0.3 is 11.9 Å². The van der Waals surface area contributed by atoms with E-state index in [-0.39, 0.29) is 23.5 Å². The SMILES string of the molecule is COC(=O)C1=CO[C@H](O[C@@H]2O[C@H](CO)[C@@H](O)[C@@H](O)[C@H]2O)[C@@H](C=O)[C@H]1COC(=O)CCCc1ccc(O)c(O)c1. The maximum absolute atomic E-state index is 12.4. The van der Waals surface area contributed by atoms with Crippen molar-refractivity contribution in [3.8, 4) is 11.5 Å². The van der Waals surface area contributed by atoms with Crippen molar-refractivity contribution >= 4 is 18.2 Å². The van der Waals surface area contributed by atoms with Crippen LogP contribution < -0.4 is 0 Å². The van der Waals surface area contributed by atoms with Crippen LogP contribution in [0, 0.1) is 11.8 Å². The minimum Gasteiger partial charge on any atom is -0.504 e. The Balaban J connectivity index is 1.65. The Morgan fingerprint density at radius 1 is 1.05 bits per heavy atom. The zero-order valence-corrected chi connectivity index (χ0v) is 21.0.